The lowest BCUT2D eigenvalue weighted by Crippen LogP contribution is -2.29. The Morgan fingerprint density at radius 1 is 0.622 bits per heavy atom. The van der Waals surface area contributed by atoms with E-state index in [1.165, 1.54) is 0 Å². The molecule has 0 unspecified atom stereocenters. The minimum absolute atomic E-state index is 0.329. The van der Waals surface area contributed by atoms with Crippen LogP contribution in [0.1, 0.15) is 115 Å². The molecule has 0 aromatic heterocycles. The number of hydrogen-bond donors (Lipinski definition) is 4. The van der Waals surface area contributed by atoms with Crippen LogP contribution in [0.3, 0.4) is 0 Å². The number of benzene rings is 2. The van der Waals surface area contributed by atoms with Gasteiger partial charge in [0.15, 0.2) is 0 Å². The third-order valence-electron chi connectivity index (χ3n) is 9.24. The second kappa shape index (κ2) is 10.7. The number of hydrogen-bond acceptors (Lipinski definition) is 2. The van der Waals surface area contributed by atoms with Crippen molar-refractivity contribution in [2.75, 3.05) is 0 Å². The zero-order chi connectivity index (χ0) is 27.9. The highest BCUT2D eigenvalue weighted by Gasteiger charge is 2.50. The molecule has 37 heavy (non-hydrogen) atoms. The summed E-state index contributed by atoms with van der Waals surface area (Å²) >= 11 is 0. The molecule has 8 heteroatoms. The Hall–Kier alpha value is -1.26. The molecule has 4 N–H and O–H groups in total. The van der Waals surface area contributed by atoms with E-state index in [2.05, 4.69) is 13.8 Å². The number of fused-ring (bicyclic) bond motifs is 3. The van der Waals surface area contributed by atoms with Crippen molar-refractivity contribution in [3.05, 3.63) is 58.7 Å². The lowest BCUT2D eigenvalue weighted by molar-refractivity contribution is 0.314. The van der Waals surface area contributed by atoms with Gasteiger partial charge in [0.2, 0.25) is 0 Å². The SMILES string of the molecule is CCCC1(CCC)c2cc(C(CC)(CC)P(=O)(O)O)ccc2-c2ccc(C(CC)(CC)P(=O)(O)O)cc21. The Morgan fingerprint density at radius 2 is 0.946 bits per heavy atom. The quantitative estimate of drug-likeness (QED) is 0.199. The standard InChI is InChI=1S/C29H44O6P2/c1-7-17-27(18-8-2)25-19-21(28(9-3,10-4)36(30,31)32)13-15-23(25)24-16-14-22(20-26(24)27)29(11-5,12-6)37(33,34)35/h13-16,19-20H,7-12,17-18H2,1-6H3,(H2,30,31,32)(H2,33,34,35). The van der Waals surface area contributed by atoms with Gasteiger partial charge in [-0.05, 0) is 71.9 Å². The predicted octanol–water partition coefficient (Wildman–Crippen LogP) is 7.94. The molecule has 0 aliphatic heterocycles. The number of rotatable bonds is 12. The van der Waals surface area contributed by atoms with Gasteiger partial charge in [-0.1, -0.05) is 90.8 Å². The van der Waals surface area contributed by atoms with Gasteiger partial charge in [0.1, 0.15) is 0 Å². The molecule has 2 aromatic rings. The van der Waals surface area contributed by atoms with Crippen molar-refractivity contribution in [2.45, 2.75) is 109 Å². The molecule has 0 amide bonds. The van der Waals surface area contributed by atoms with Crippen molar-refractivity contribution in [1.82, 2.24) is 0 Å². The molecule has 0 heterocycles. The van der Waals surface area contributed by atoms with E-state index in [0.29, 0.717) is 36.8 Å². The summed E-state index contributed by atoms with van der Waals surface area (Å²) in [6, 6.07) is 11.8. The average molecular weight is 551 g/mol. The van der Waals surface area contributed by atoms with Crippen molar-refractivity contribution in [2.24, 2.45) is 0 Å². The Morgan fingerprint density at radius 3 is 1.19 bits per heavy atom. The topological polar surface area (TPSA) is 115 Å². The molecule has 0 saturated heterocycles. The van der Waals surface area contributed by atoms with Crippen LogP contribution in [-0.4, -0.2) is 19.6 Å². The summed E-state index contributed by atoms with van der Waals surface area (Å²) < 4.78 is 25.6. The average Bonchev–Trinajstić information content (AvgIpc) is 3.09. The largest absolute Gasteiger partial charge is 0.335 e. The Kier molecular flexibility index (Phi) is 8.77. The van der Waals surface area contributed by atoms with Crippen molar-refractivity contribution < 1.29 is 28.7 Å². The molecule has 0 atom stereocenters. The highest BCUT2D eigenvalue weighted by Crippen LogP contribution is 2.64. The maximum Gasteiger partial charge on any atom is 0.335 e. The van der Waals surface area contributed by atoms with Crippen LogP contribution in [0, 0.1) is 0 Å². The highest BCUT2D eigenvalue weighted by atomic mass is 31.2. The van der Waals surface area contributed by atoms with E-state index in [0.717, 1.165) is 47.9 Å². The van der Waals surface area contributed by atoms with Gasteiger partial charge in [-0.3, -0.25) is 9.13 Å². The third kappa shape index (κ3) is 4.52. The first-order valence-corrected chi connectivity index (χ1v) is 16.9. The maximum atomic E-state index is 12.8. The fourth-order valence-corrected chi connectivity index (χ4v) is 9.67. The van der Waals surface area contributed by atoms with E-state index in [1.54, 1.807) is 0 Å². The van der Waals surface area contributed by atoms with Crippen molar-refractivity contribution >= 4 is 15.2 Å². The molecule has 0 radical (unpaired) electrons. The zero-order valence-corrected chi connectivity index (χ0v) is 24.9. The molecule has 1 aliphatic rings. The Bertz CT molecular complexity index is 1120. The maximum absolute atomic E-state index is 12.8. The van der Waals surface area contributed by atoms with E-state index in [-0.39, 0.29) is 5.41 Å². The first-order valence-electron chi connectivity index (χ1n) is 13.7. The Balaban J connectivity index is 2.38. The molecule has 0 spiro atoms. The fourth-order valence-electron chi connectivity index (χ4n) is 7.07. The van der Waals surface area contributed by atoms with Crippen LogP contribution in [0.2, 0.25) is 0 Å². The molecule has 3 rings (SSSR count). The summed E-state index contributed by atoms with van der Waals surface area (Å²) in [5.74, 6) is 0. The van der Waals surface area contributed by atoms with Crippen LogP contribution < -0.4 is 0 Å². The van der Waals surface area contributed by atoms with Crippen LogP contribution >= 0.6 is 15.2 Å². The summed E-state index contributed by atoms with van der Waals surface area (Å²) in [4.78, 5) is 41.7. The molecule has 6 nitrogen and oxygen atoms in total. The van der Waals surface area contributed by atoms with E-state index >= 15 is 0 Å². The lowest BCUT2D eigenvalue weighted by atomic mass is 9.70. The minimum atomic E-state index is -4.44. The van der Waals surface area contributed by atoms with Gasteiger partial charge < -0.3 is 19.6 Å². The van der Waals surface area contributed by atoms with Gasteiger partial charge >= 0.3 is 15.2 Å². The van der Waals surface area contributed by atoms with E-state index in [1.807, 2.05) is 64.1 Å². The summed E-state index contributed by atoms with van der Waals surface area (Å²) in [6.45, 7) is 11.6. The molecular formula is C29H44O6P2. The normalized spacial score (nSPS) is 15.5. The molecule has 0 saturated carbocycles. The summed E-state index contributed by atoms with van der Waals surface area (Å²) in [7, 11) is -8.89. The Labute approximate surface area is 222 Å². The fraction of sp³-hybridized carbons (Fsp3) is 0.586. The zero-order valence-electron chi connectivity index (χ0n) is 23.1. The van der Waals surface area contributed by atoms with Crippen LogP contribution in [-0.2, 0) is 24.9 Å². The highest BCUT2D eigenvalue weighted by molar-refractivity contribution is 7.53. The van der Waals surface area contributed by atoms with E-state index in [4.69, 9.17) is 0 Å². The van der Waals surface area contributed by atoms with Gasteiger partial charge in [-0.2, -0.15) is 0 Å². The summed E-state index contributed by atoms with van der Waals surface area (Å²) in [5, 5.41) is -2.49. The van der Waals surface area contributed by atoms with Crippen molar-refractivity contribution in [1.29, 1.82) is 0 Å². The van der Waals surface area contributed by atoms with Crippen LogP contribution in [0.15, 0.2) is 36.4 Å². The van der Waals surface area contributed by atoms with Crippen molar-refractivity contribution in [3.63, 3.8) is 0 Å². The molecular weight excluding hydrogens is 506 g/mol. The molecule has 0 fully saturated rings. The lowest BCUT2D eigenvalue weighted by Gasteiger charge is -2.37. The van der Waals surface area contributed by atoms with Gasteiger partial charge in [-0.15, -0.1) is 0 Å². The van der Waals surface area contributed by atoms with Gasteiger partial charge in [0.25, 0.3) is 0 Å². The molecule has 0 bridgehead atoms. The molecule has 2 aromatic carbocycles. The summed E-state index contributed by atoms with van der Waals surface area (Å²) in [5.41, 5.74) is 5.21. The summed E-state index contributed by atoms with van der Waals surface area (Å²) in [6.07, 6.45) is 4.82. The molecule has 206 valence electrons. The van der Waals surface area contributed by atoms with Crippen LogP contribution in [0.5, 0.6) is 0 Å². The van der Waals surface area contributed by atoms with Crippen LogP contribution in [0.25, 0.3) is 11.1 Å². The predicted molar refractivity (Wildman–Crippen MR) is 151 cm³/mol. The van der Waals surface area contributed by atoms with E-state index < -0.39 is 25.5 Å². The monoisotopic (exact) mass is 550 g/mol. The van der Waals surface area contributed by atoms with Gasteiger partial charge in [-0.25, -0.2) is 0 Å². The van der Waals surface area contributed by atoms with Gasteiger partial charge in [0, 0.05) is 5.41 Å². The third-order valence-corrected chi connectivity index (χ3v) is 13.3. The first kappa shape index (κ1) is 30.3. The van der Waals surface area contributed by atoms with Crippen LogP contribution in [0.4, 0.5) is 0 Å². The van der Waals surface area contributed by atoms with Crippen molar-refractivity contribution in [3.8, 4) is 11.1 Å². The second-order valence-corrected chi connectivity index (χ2v) is 14.6. The first-order chi connectivity index (χ1) is 17.3. The smallest absolute Gasteiger partial charge is 0.324 e. The second-order valence-electron chi connectivity index (χ2n) is 10.7. The van der Waals surface area contributed by atoms with Gasteiger partial charge in [0.05, 0.1) is 10.3 Å². The minimum Gasteiger partial charge on any atom is -0.324 e. The molecule has 1 aliphatic carbocycles. The van der Waals surface area contributed by atoms with E-state index in [9.17, 15) is 28.7 Å².